The smallest absolute Gasteiger partial charge is 0.293 e. The van der Waals surface area contributed by atoms with E-state index in [2.05, 4.69) is 0 Å². The number of thioether (sulfide) groups is 1. The molecule has 0 bridgehead atoms. The molecule has 1 saturated heterocycles. The van der Waals surface area contributed by atoms with E-state index in [1.165, 1.54) is 4.90 Å². The zero-order valence-corrected chi connectivity index (χ0v) is 18.3. The first-order valence-corrected chi connectivity index (χ1v) is 10.4. The lowest BCUT2D eigenvalue weighted by molar-refractivity contribution is -0.123. The third kappa shape index (κ3) is 4.97. The Bertz CT molecular complexity index is 933. The average molecular weight is 428 g/mol. The van der Waals surface area contributed by atoms with Crippen LogP contribution in [0.5, 0.6) is 11.5 Å². The molecule has 0 N–H and O–H groups in total. The molecule has 2 amide bonds. The largest absolute Gasteiger partial charge is 0.497 e. The van der Waals surface area contributed by atoms with Crippen molar-refractivity contribution in [1.29, 1.82) is 0 Å². The van der Waals surface area contributed by atoms with E-state index in [-0.39, 0.29) is 23.7 Å². The number of amides is 2. The number of hydrogen-bond donors (Lipinski definition) is 0. The predicted molar refractivity (Wildman–Crippen MR) is 117 cm³/mol. The van der Waals surface area contributed by atoms with Gasteiger partial charge in [0.15, 0.2) is 0 Å². The van der Waals surface area contributed by atoms with Crippen LogP contribution in [0.25, 0.3) is 5.76 Å². The highest BCUT2D eigenvalue weighted by Crippen LogP contribution is 2.38. The second kappa shape index (κ2) is 9.71. The average Bonchev–Trinajstić information content (AvgIpc) is 3.02. The Hall–Kier alpha value is -2.93. The first kappa shape index (κ1) is 21.8. The van der Waals surface area contributed by atoms with Crippen LogP contribution in [-0.2, 0) is 16.1 Å². The molecule has 1 heterocycles. The maximum Gasteiger partial charge on any atom is 0.293 e. The highest BCUT2D eigenvalue weighted by Gasteiger charge is 2.38. The Kier molecular flexibility index (Phi) is 7.05. The zero-order valence-electron chi connectivity index (χ0n) is 17.5. The summed E-state index contributed by atoms with van der Waals surface area (Å²) in [6.45, 7) is 4.51. The molecule has 30 heavy (non-hydrogen) atoms. The number of imide groups is 1. The van der Waals surface area contributed by atoms with Gasteiger partial charge in [0.1, 0.15) is 28.8 Å². The molecule has 0 aliphatic carbocycles. The number of carbonyl (C=O) groups is 2. The van der Waals surface area contributed by atoms with Crippen molar-refractivity contribution >= 4 is 28.7 Å². The van der Waals surface area contributed by atoms with Crippen LogP contribution in [0.4, 0.5) is 4.79 Å². The Morgan fingerprint density at radius 3 is 2.20 bits per heavy atom. The van der Waals surface area contributed by atoms with Crippen LogP contribution < -0.4 is 9.47 Å². The molecule has 1 aliphatic heterocycles. The summed E-state index contributed by atoms with van der Waals surface area (Å²) in [5.74, 6) is 1.55. The molecule has 2 aromatic rings. The first-order chi connectivity index (χ1) is 14.4. The number of nitrogens with zero attached hydrogens (tertiary/aromatic N) is 1. The Labute approximate surface area is 180 Å². The first-order valence-electron chi connectivity index (χ1n) is 9.61. The van der Waals surface area contributed by atoms with Gasteiger partial charge in [-0.25, -0.2) is 0 Å². The summed E-state index contributed by atoms with van der Waals surface area (Å²) in [7, 11) is 3.17. The van der Waals surface area contributed by atoms with Crippen LogP contribution >= 0.6 is 11.8 Å². The molecule has 1 fully saturated rings. The normalized spacial score (nSPS) is 15.6. The maximum atomic E-state index is 13.0. The molecule has 0 atom stereocenters. The molecule has 7 heteroatoms. The molecule has 0 unspecified atom stereocenters. The lowest BCUT2D eigenvalue weighted by Crippen LogP contribution is -2.31. The van der Waals surface area contributed by atoms with E-state index in [9.17, 15) is 9.59 Å². The van der Waals surface area contributed by atoms with E-state index < -0.39 is 0 Å². The number of rotatable bonds is 8. The van der Waals surface area contributed by atoms with Gasteiger partial charge in [-0.1, -0.05) is 44.2 Å². The van der Waals surface area contributed by atoms with E-state index in [4.69, 9.17) is 14.2 Å². The van der Waals surface area contributed by atoms with Gasteiger partial charge < -0.3 is 14.2 Å². The topological polar surface area (TPSA) is 65.1 Å². The number of hydrogen-bond acceptors (Lipinski definition) is 6. The Morgan fingerprint density at radius 2 is 1.63 bits per heavy atom. The minimum atomic E-state index is -0.319. The van der Waals surface area contributed by atoms with Crippen molar-refractivity contribution < 1.29 is 23.8 Å². The van der Waals surface area contributed by atoms with Crippen molar-refractivity contribution in [3.63, 3.8) is 0 Å². The molecule has 6 nitrogen and oxygen atoms in total. The van der Waals surface area contributed by atoms with E-state index >= 15 is 0 Å². The van der Waals surface area contributed by atoms with Crippen LogP contribution in [0.2, 0.25) is 0 Å². The molecule has 2 aromatic carbocycles. The summed E-state index contributed by atoms with van der Waals surface area (Å²) < 4.78 is 16.7. The van der Waals surface area contributed by atoms with Crippen LogP contribution in [0.3, 0.4) is 0 Å². The van der Waals surface area contributed by atoms with Crippen molar-refractivity contribution in [3.05, 3.63) is 64.6 Å². The predicted octanol–water partition coefficient (Wildman–Crippen LogP) is 4.94. The van der Waals surface area contributed by atoms with Crippen molar-refractivity contribution in [2.45, 2.75) is 20.5 Å². The minimum absolute atomic E-state index is 0.184. The minimum Gasteiger partial charge on any atom is -0.497 e. The van der Waals surface area contributed by atoms with E-state index in [0.717, 1.165) is 22.9 Å². The highest BCUT2D eigenvalue weighted by atomic mass is 32.2. The molecule has 3 rings (SSSR count). The summed E-state index contributed by atoms with van der Waals surface area (Å²) in [4.78, 5) is 27.0. The molecule has 1 aliphatic rings. The van der Waals surface area contributed by atoms with Gasteiger partial charge in [-0.2, -0.15) is 0 Å². The number of benzene rings is 2. The molecule has 0 aromatic heterocycles. The fraction of sp³-hybridized carbons (Fsp3) is 0.304. The number of ether oxygens (including phenoxy) is 3. The third-order valence-electron chi connectivity index (χ3n) is 4.43. The molecule has 0 radical (unpaired) electrons. The van der Waals surface area contributed by atoms with Crippen LogP contribution in [0.15, 0.2) is 53.4 Å². The van der Waals surface area contributed by atoms with Crippen molar-refractivity contribution in [1.82, 2.24) is 4.90 Å². The van der Waals surface area contributed by atoms with E-state index in [0.29, 0.717) is 28.7 Å². The summed E-state index contributed by atoms with van der Waals surface area (Å²) in [5, 5.41) is -0.274. The highest BCUT2D eigenvalue weighted by molar-refractivity contribution is 8.18. The fourth-order valence-corrected chi connectivity index (χ4v) is 3.94. The van der Waals surface area contributed by atoms with Gasteiger partial charge >= 0.3 is 0 Å². The lowest BCUT2D eigenvalue weighted by Gasteiger charge is -2.16. The second-order valence-electron chi connectivity index (χ2n) is 7.21. The SMILES string of the molecule is COc1cc(COC(=C2SC(=O)N(CC(C)C)C2=O)c2ccccc2)cc(OC)c1. The summed E-state index contributed by atoms with van der Waals surface area (Å²) in [5.41, 5.74) is 1.56. The lowest BCUT2D eigenvalue weighted by atomic mass is 10.1. The summed E-state index contributed by atoms with van der Waals surface area (Å²) in [6.07, 6.45) is 0. The fourth-order valence-electron chi connectivity index (χ4n) is 3.03. The number of methoxy groups -OCH3 is 2. The quantitative estimate of drug-likeness (QED) is 0.439. The molecular formula is C23H25NO5S. The third-order valence-corrected chi connectivity index (χ3v) is 5.39. The summed E-state index contributed by atoms with van der Waals surface area (Å²) >= 11 is 0.920. The van der Waals surface area contributed by atoms with Gasteiger partial charge in [-0.15, -0.1) is 0 Å². The van der Waals surface area contributed by atoms with Crippen LogP contribution in [-0.4, -0.2) is 36.8 Å². The molecule has 0 saturated carbocycles. The molecular weight excluding hydrogens is 402 g/mol. The Balaban J connectivity index is 1.94. The van der Waals surface area contributed by atoms with E-state index in [1.54, 1.807) is 20.3 Å². The van der Waals surface area contributed by atoms with Crippen LogP contribution in [0.1, 0.15) is 25.0 Å². The van der Waals surface area contributed by atoms with Gasteiger partial charge in [0.25, 0.3) is 11.1 Å². The zero-order chi connectivity index (χ0) is 21.7. The van der Waals surface area contributed by atoms with Gasteiger partial charge in [0.2, 0.25) is 0 Å². The summed E-state index contributed by atoms with van der Waals surface area (Å²) in [6, 6.07) is 14.8. The van der Waals surface area contributed by atoms with Crippen molar-refractivity contribution in [2.24, 2.45) is 5.92 Å². The van der Waals surface area contributed by atoms with Gasteiger partial charge in [-0.3, -0.25) is 14.5 Å². The van der Waals surface area contributed by atoms with Gasteiger partial charge in [-0.05, 0) is 35.4 Å². The van der Waals surface area contributed by atoms with Gasteiger partial charge in [0.05, 0.1) is 14.2 Å². The van der Waals surface area contributed by atoms with Crippen molar-refractivity contribution in [2.75, 3.05) is 20.8 Å². The second-order valence-corrected chi connectivity index (χ2v) is 8.17. The van der Waals surface area contributed by atoms with Crippen molar-refractivity contribution in [3.8, 4) is 11.5 Å². The molecule has 0 spiro atoms. The standard InChI is InChI=1S/C23H25NO5S/c1-15(2)13-24-22(25)21(30-23(24)26)20(17-8-6-5-7-9-17)29-14-16-10-18(27-3)12-19(11-16)28-4/h5-12,15H,13-14H2,1-4H3. The monoisotopic (exact) mass is 427 g/mol. The van der Waals surface area contributed by atoms with Gasteiger partial charge in [0, 0.05) is 18.2 Å². The molecule has 158 valence electrons. The maximum absolute atomic E-state index is 13.0. The number of carbonyl (C=O) groups excluding carboxylic acids is 2. The van der Waals surface area contributed by atoms with E-state index in [1.807, 2.05) is 56.3 Å². The Morgan fingerprint density at radius 1 is 1.00 bits per heavy atom. The van der Waals surface area contributed by atoms with Crippen LogP contribution in [0, 0.1) is 5.92 Å².